The Morgan fingerprint density at radius 1 is 1.16 bits per heavy atom. The van der Waals surface area contributed by atoms with Crippen molar-refractivity contribution in [3.63, 3.8) is 0 Å². The first-order valence-electron chi connectivity index (χ1n) is 5.36. The highest BCUT2D eigenvalue weighted by molar-refractivity contribution is 9.11. The summed E-state index contributed by atoms with van der Waals surface area (Å²) in [5.74, 6) is 1.08. The largest absolute Gasteiger partial charge is 0.368 e. The second kappa shape index (κ2) is 5.70. The van der Waals surface area contributed by atoms with Crippen LogP contribution in [0.4, 0.5) is 23.5 Å². The Hall–Kier alpha value is -1.41. The van der Waals surface area contributed by atoms with Crippen molar-refractivity contribution in [3.05, 3.63) is 27.1 Å². The predicted octanol–water partition coefficient (Wildman–Crippen LogP) is 2.79. The van der Waals surface area contributed by atoms with Crippen LogP contribution in [-0.4, -0.2) is 29.0 Å². The normalized spacial score (nSPS) is 10.3. The van der Waals surface area contributed by atoms with Crippen LogP contribution in [0.5, 0.6) is 0 Å². The van der Waals surface area contributed by atoms with Crippen molar-refractivity contribution >= 4 is 55.4 Å². The van der Waals surface area contributed by atoms with Crippen LogP contribution in [0.1, 0.15) is 0 Å². The van der Waals surface area contributed by atoms with Gasteiger partial charge in [0, 0.05) is 23.0 Å². The molecular weight excluding hydrogens is 376 g/mol. The molecule has 0 atom stereocenters. The van der Waals surface area contributed by atoms with E-state index in [0.29, 0.717) is 11.9 Å². The van der Waals surface area contributed by atoms with Crippen molar-refractivity contribution < 1.29 is 0 Å². The lowest BCUT2D eigenvalue weighted by atomic mass is 10.3. The molecule has 0 amide bonds. The summed E-state index contributed by atoms with van der Waals surface area (Å²) in [7, 11) is 3.68. The van der Waals surface area contributed by atoms with E-state index in [1.807, 2.05) is 32.3 Å². The highest BCUT2D eigenvalue weighted by Crippen LogP contribution is 2.28. The van der Waals surface area contributed by atoms with Crippen LogP contribution in [0, 0.1) is 0 Å². The maximum Gasteiger partial charge on any atom is 0.233 e. The van der Waals surface area contributed by atoms with Crippen LogP contribution in [0.15, 0.2) is 27.1 Å². The van der Waals surface area contributed by atoms with Gasteiger partial charge in [-0.15, -0.1) is 0 Å². The van der Waals surface area contributed by atoms with E-state index < -0.39 is 0 Å². The van der Waals surface area contributed by atoms with E-state index in [0.717, 1.165) is 14.6 Å². The molecule has 100 valence electrons. The summed E-state index contributed by atoms with van der Waals surface area (Å²) < 4.78 is 1.88. The highest BCUT2D eigenvalue weighted by Gasteiger charge is 2.08. The van der Waals surface area contributed by atoms with E-state index in [2.05, 4.69) is 52.1 Å². The molecule has 2 aromatic rings. The Morgan fingerprint density at radius 3 is 2.53 bits per heavy atom. The quantitative estimate of drug-likeness (QED) is 0.842. The molecule has 0 radical (unpaired) electrons. The third-order valence-corrected chi connectivity index (χ3v) is 3.37. The van der Waals surface area contributed by atoms with E-state index in [1.165, 1.54) is 0 Å². The van der Waals surface area contributed by atoms with Crippen molar-refractivity contribution in [2.75, 3.05) is 30.0 Å². The molecule has 0 bridgehead atoms. The van der Waals surface area contributed by atoms with Crippen LogP contribution >= 0.6 is 31.9 Å². The standard InChI is InChI=1S/C11H12Br2N6/c1-19(2)11-17-9(14)16-10(18-11)15-8-4-3-6(12)5-7(8)13/h3-5H,1-2H3,(H3,14,15,16,17,18). The molecule has 8 heteroatoms. The second-order valence-corrected chi connectivity index (χ2v) is 5.73. The molecule has 2 rings (SSSR count). The van der Waals surface area contributed by atoms with Crippen LogP contribution < -0.4 is 16.0 Å². The number of hydrogen-bond acceptors (Lipinski definition) is 6. The van der Waals surface area contributed by atoms with E-state index in [9.17, 15) is 0 Å². The molecule has 19 heavy (non-hydrogen) atoms. The zero-order valence-electron chi connectivity index (χ0n) is 10.4. The minimum atomic E-state index is 0.175. The minimum absolute atomic E-state index is 0.175. The Balaban J connectivity index is 2.32. The molecule has 0 aliphatic heterocycles. The number of anilines is 4. The molecule has 3 N–H and O–H groups in total. The number of halogens is 2. The lowest BCUT2D eigenvalue weighted by Crippen LogP contribution is -2.15. The van der Waals surface area contributed by atoms with Gasteiger partial charge in [-0.05, 0) is 34.1 Å². The molecule has 0 aliphatic carbocycles. The van der Waals surface area contributed by atoms with Gasteiger partial charge in [-0.2, -0.15) is 15.0 Å². The molecule has 1 aromatic heterocycles. The lowest BCUT2D eigenvalue weighted by Gasteiger charge is -2.12. The Labute approximate surface area is 127 Å². The first kappa shape index (κ1) is 14.0. The number of nitrogens with one attached hydrogen (secondary N) is 1. The highest BCUT2D eigenvalue weighted by atomic mass is 79.9. The molecule has 0 saturated carbocycles. The van der Waals surface area contributed by atoms with Gasteiger partial charge in [0.15, 0.2) is 0 Å². The fourth-order valence-electron chi connectivity index (χ4n) is 1.35. The number of benzene rings is 1. The van der Waals surface area contributed by atoms with Crippen LogP contribution in [-0.2, 0) is 0 Å². The van der Waals surface area contributed by atoms with E-state index in [-0.39, 0.29) is 5.95 Å². The van der Waals surface area contributed by atoms with Gasteiger partial charge in [-0.3, -0.25) is 0 Å². The van der Waals surface area contributed by atoms with E-state index in [4.69, 9.17) is 5.73 Å². The third-order valence-electron chi connectivity index (χ3n) is 2.22. The zero-order chi connectivity index (χ0) is 14.0. The Kier molecular flexibility index (Phi) is 4.20. The number of nitrogens with two attached hydrogens (primary N) is 1. The number of rotatable bonds is 3. The average molecular weight is 388 g/mol. The summed E-state index contributed by atoms with van der Waals surface area (Å²) in [4.78, 5) is 14.1. The summed E-state index contributed by atoms with van der Waals surface area (Å²) in [6, 6.07) is 5.76. The van der Waals surface area contributed by atoms with Crippen LogP contribution in [0.25, 0.3) is 0 Å². The maximum atomic E-state index is 5.66. The van der Waals surface area contributed by atoms with E-state index in [1.54, 1.807) is 4.90 Å². The van der Waals surface area contributed by atoms with Gasteiger partial charge in [0.25, 0.3) is 0 Å². The third kappa shape index (κ3) is 3.54. The predicted molar refractivity (Wildman–Crippen MR) is 83.7 cm³/mol. The molecule has 1 aromatic carbocycles. The van der Waals surface area contributed by atoms with Crippen molar-refractivity contribution in [3.8, 4) is 0 Å². The van der Waals surface area contributed by atoms with Gasteiger partial charge in [0.05, 0.1) is 5.69 Å². The SMILES string of the molecule is CN(C)c1nc(N)nc(Nc2ccc(Br)cc2Br)n1. The van der Waals surface area contributed by atoms with Crippen molar-refractivity contribution in [2.45, 2.75) is 0 Å². The summed E-state index contributed by atoms with van der Waals surface area (Å²) in [6.45, 7) is 0. The fourth-order valence-corrected chi connectivity index (χ4v) is 2.49. The van der Waals surface area contributed by atoms with Gasteiger partial charge in [0.2, 0.25) is 17.8 Å². The molecule has 0 aliphatic rings. The maximum absolute atomic E-state index is 5.66. The van der Waals surface area contributed by atoms with Crippen molar-refractivity contribution in [2.24, 2.45) is 0 Å². The van der Waals surface area contributed by atoms with Crippen molar-refractivity contribution in [1.29, 1.82) is 0 Å². The molecule has 0 saturated heterocycles. The minimum Gasteiger partial charge on any atom is -0.368 e. The van der Waals surface area contributed by atoms with Crippen LogP contribution in [0.3, 0.4) is 0 Å². The second-order valence-electron chi connectivity index (χ2n) is 3.96. The molecule has 1 heterocycles. The van der Waals surface area contributed by atoms with Gasteiger partial charge in [-0.1, -0.05) is 15.9 Å². The number of nitrogen functional groups attached to an aromatic ring is 1. The number of nitrogens with zero attached hydrogens (tertiary/aromatic N) is 4. The Morgan fingerprint density at radius 2 is 1.89 bits per heavy atom. The topological polar surface area (TPSA) is 80.0 Å². The number of aromatic nitrogens is 3. The summed E-state index contributed by atoms with van der Waals surface area (Å²) >= 11 is 6.86. The molecule has 6 nitrogen and oxygen atoms in total. The van der Waals surface area contributed by atoms with Gasteiger partial charge in [-0.25, -0.2) is 0 Å². The lowest BCUT2D eigenvalue weighted by molar-refractivity contribution is 0.969. The molecule has 0 fully saturated rings. The van der Waals surface area contributed by atoms with Gasteiger partial charge >= 0.3 is 0 Å². The first-order chi connectivity index (χ1) is 8.95. The zero-order valence-corrected chi connectivity index (χ0v) is 13.5. The summed E-state index contributed by atoms with van der Waals surface area (Å²) in [6.07, 6.45) is 0. The average Bonchev–Trinajstić information content (AvgIpc) is 2.32. The smallest absolute Gasteiger partial charge is 0.233 e. The first-order valence-corrected chi connectivity index (χ1v) is 6.95. The fraction of sp³-hybridized carbons (Fsp3) is 0.182. The molecule has 0 unspecified atom stereocenters. The van der Waals surface area contributed by atoms with Gasteiger partial charge < -0.3 is 16.0 Å². The summed E-state index contributed by atoms with van der Waals surface area (Å²) in [5.41, 5.74) is 6.51. The van der Waals surface area contributed by atoms with Crippen molar-refractivity contribution in [1.82, 2.24) is 15.0 Å². The van der Waals surface area contributed by atoms with Gasteiger partial charge in [0.1, 0.15) is 0 Å². The monoisotopic (exact) mass is 386 g/mol. The number of hydrogen-bond donors (Lipinski definition) is 2. The Bertz CT molecular complexity index is 602. The summed E-state index contributed by atoms with van der Waals surface area (Å²) in [5, 5.41) is 3.10. The molecule has 0 spiro atoms. The van der Waals surface area contributed by atoms with Crippen LogP contribution in [0.2, 0.25) is 0 Å². The van der Waals surface area contributed by atoms with E-state index >= 15 is 0 Å². The molecular formula is C11H12Br2N6.